The number of carbonyl (C=O) groups excluding carboxylic acids is 1. The van der Waals surface area contributed by atoms with E-state index in [2.05, 4.69) is 14.8 Å². The number of carbonyl (C=O) groups is 1. The monoisotopic (exact) mass is 502 g/mol. The minimum atomic E-state index is -4.20. The van der Waals surface area contributed by atoms with Crippen molar-refractivity contribution in [3.8, 4) is 11.1 Å². The molecule has 1 N–H and O–H groups in total. The fourth-order valence-corrected chi connectivity index (χ4v) is 4.70. The second-order valence-corrected chi connectivity index (χ2v) is 11.0. The third-order valence-electron chi connectivity index (χ3n) is 5.65. The number of halogens is 1. The van der Waals surface area contributed by atoms with Crippen LogP contribution in [0.1, 0.15) is 50.4 Å². The lowest BCUT2D eigenvalue weighted by Gasteiger charge is -2.22. The van der Waals surface area contributed by atoms with Crippen molar-refractivity contribution in [2.24, 2.45) is 0 Å². The van der Waals surface area contributed by atoms with Crippen molar-refractivity contribution >= 4 is 15.9 Å². The number of pyridine rings is 1. The first-order valence-corrected chi connectivity index (χ1v) is 12.7. The summed E-state index contributed by atoms with van der Waals surface area (Å²) in [5, 5.41) is 3.81. The summed E-state index contributed by atoms with van der Waals surface area (Å²) in [7, 11) is -2.64. The Hall–Kier alpha value is -3.11. The van der Waals surface area contributed by atoms with Gasteiger partial charge in [0.25, 0.3) is 10.0 Å². The number of hydrogen-bond donors (Lipinski definition) is 1. The maximum Gasteiger partial charge on any atom is 0.283 e. The first-order valence-electron chi connectivity index (χ1n) is 11.2. The van der Waals surface area contributed by atoms with Gasteiger partial charge in [-0.1, -0.05) is 13.8 Å². The smallest absolute Gasteiger partial charge is 0.283 e. The predicted molar refractivity (Wildman–Crippen MR) is 131 cm³/mol. The molecule has 0 fully saturated rings. The Bertz CT molecular complexity index is 1330. The van der Waals surface area contributed by atoms with E-state index in [-0.39, 0.29) is 17.4 Å². The van der Waals surface area contributed by atoms with Gasteiger partial charge < -0.3 is 4.74 Å². The number of nitrogens with one attached hydrogen (secondary N) is 1. The van der Waals surface area contributed by atoms with Gasteiger partial charge in [-0.3, -0.25) is 14.5 Å². The van der Waals surface area contributed by atoms with E-state index in [0.29, 0.717) is 28.8 Å². The number of amides is 1. The van der Waals surface area contributed by atoms with Gasteiger partial charge in [0.1, 0.15) is 5.82 Å². The molecule has 0 atom stereocenters. The number of aromatic nitrogens is 3. The van der Waals surface area contributed by atoms with Gasteiger partial charge in [0.2, 0.25) is 5.91 Å². The summed E-state index contributed by atoms with van der Waals surface area (Å²) in [6.45, 7) is 9.63. The molecule has 0 aliphatic rings. The van der Waals surface area contributed by atoms with E-state index in [9.17, 15) is 17.6 Å². The zero-order valence-electron chi connectivity index (χ0n) is 20.8. The molecule has 0 spiro atoms. The molecule has 2 heterocycles. The third-order valence-corrected chi connectivity index (χ3v) is 6.92. The Morgan fingerprint density at radius 3 is 2.57 bits per heavy atom. The highest BCUT2D eigenvalue weighted by atomic mass is 32.2. The van der Waals surface area contributed by atoms with Crippen LogP contribution in [0.3, 0.4) is 0 Å². The summed E-state index contributed by atoms with van der Waals surface area (Å²) in [6, 6.07) is 7.60. The zero-order valence-corrected chi connectivity index (χ0v) is 21.6. The number of rotatable bonds is 9. The van der Waals surface area contributed by atoms with E-state index in [1.54, 1.807) is 25.4 Å². The Morgan fingerprint density at radius 1 is 1.23 bits per heavy atom. The Kier molecular flexibility index (Phi) is 7.76. The van der Waals surface area contributed by atoms with Gasteiger partial charge in [-0.05, 0) is 79.3 Å². The second kappa shape index (κ2) is 10.2. The number of methoxy groups -OCH3 is 1. The Morgan fingerprint density at radius 2 is 1.94 bits per heavy atom. The molecular weight excluding hydrogens is 471 g/mol. The molecule has 1 amide bonds. The predicted octanol–water partition coefficient (Wildman–Crippen LogP) is 3.99. The topological polar surface area (TPSA) is 103 Å². The summed E-state index contributed by atoms with van der Waals surface area (Å²) < 4.78 is 49.1. The minimum Gasteiger partial charge on any atom is -0.377 e. The first-order chi connectivity index (χ1) is 16.3. The zero-order chi connectivity index (χ0) is 26.0. The second-order valence-electron chi connectivity index (χ2n) is 9.38. The average Bonchev–Trinajstić information content (AvgIpc) is 3.23. The van der Waals surface area contributed by atoms with Gasteiger partial charge in [-0.25, -0.2) is 9.11 Å². The van der Waals surface area contributed by atoms with Crippen molar-refractivity contribution in [2.75, 3.05) is 7.11 Å². The number of sulfonamides is 1. The molecule has 0 bridgehead atoms. The van der Waals surface area contributed by atoms with Gasteiger partial charge in [0.05, 0.1) is 18.6 Å². The van der Waals surface area contributed by atoms with Gasteiger partial charge in [0, 0.05) is 25.2 Å². The highest BCUT2D eigenvalue weighted by Gasteiger charge is 2.25. The van der Waals surface area contributed by atoms with Crippen LogP contribution in [0.2, 0.25) is 0 Å². The lowest BCUT2D eigenvalue weighted by Crippen LogP contribution is -2.33. The highest BCUT2D eigenvalue weighted by molar-refractivity contribution is 7.90. The van der Waals surface area contributed by atoms with E-state index in [0.717, 1.165) is 5.69 Å². The van der Waals surface area contributed by atoms with E-state index in [1.165, 1.54) is 29.1 Å². The van der Waals surface area contributed by atoms with Crippen molar-refractivity contribution < 1.29 is 22.3 Å². The van der Waals surface area contributed by atoms with Crippen molar-refractivity contribution in [1.29, 1.82) is 0 Å². The Labute approximate surface area is 205 Å². The molecule has 2 aromatic heterocycles. The standard InChI is InChI=1S/C25H31FN4O4S/c1-16(2)20-12-19(26)13-21(18-7-9-27-17(3)11-18)22(20)14-23(31)29-35(32,33)24-8-10-30(28-24)15-25(4,5)34-6/h7-13,16H,14-15H2,1-6H3,(H,29,31). The summed E-state index contributed by atoms with van der Waals surface area (Å²) in [6.07, 6.45) is 2.88. The summed E-state index contributed by atoms with van der Waals surface area (Å²) in [4.78, 5) is 17.1. The van der Waals surface area contributed by atoms with Crippen LogP contribution in [0.4, 0.5) is 4.39 Å². The van der Waals surface area contributed by atoms with Crippen LogP contribution < -0.4 is 4.72 Å². The number of ether oxygens (including phenoxy) is 1. The molecule has 10 heteroatoms. The van der Waals surface area contributed by atoms with Gasteiger partial charge in [0.15, 0.2) is 5.03 Å². The van der Waals surface area contributed by atoms with E-state index < -0.39 is 27.3 Å². The molecule has 3 rings (SSSR count). The van der Waals surface area contributed by atoms with Crippen LogP contribution in [-0.2, 0) is 32.5 Å². The Balaban J connectivity index is 1.90. The number of hydrogen-bond acceptors (Lipinski definition) is 6. The molecule has 3 aromatic rings. The van der Waals surface area contributed by atoms with E-state index in [4.69, 9.17) is 4.74 Å². The van der Waals surface area contributed by atoms with E-state index in [1.807, 2.05) is 34.6 Å². The van der Waals surface area contributed by atoms with Crippen molar-refractivity contribution in [3.63, 3.8) is 0 Å². The van der Waals surface area contributed by atoms with Crippen molar-refractivity contribution in [3.05, 3.63) is 65.4 Å². The minimum absolute atomic E-state index is 0.0911. The molecule has 0 aliphatic carbocycles. The maximum atomic E-state index is 14.5. The third kappa shape index (κ3) is 6.52. The quantitative estimate of drug-likeness (QED) is 0.475. The number of aryl methyl sites for hydroxylation is 1. The fraction of sp³-hybridized carbons (Fsp3) is 0.400. The van der Waals surface area contributed by atoms with Crippen molar-refractivity contribution in [2.45, 2.75) is 64.1 Å². The van der Waals surface area contributed by atoms with Crippen LogP contribution >= 0.6 is 0 Å². The molecule has 188 valence electrons. The molecule has 35 heavy (non-hydrogen) atoms. The molecule has 0 aliphatic heterocycles. The van der Waals surface area contributed by atoms with Crippen LogP contribution in [0.5, 0.6) is 0 Å². The fourth-order valence-electron chi connectivity index (χ4n) is 3.77. The maximum absolute atomic E-state index is 14.5. The molecule has 8 nitrogen and oxygen atoms in total. The molecule has 0 saturated heterocycles. The lowest BCUT2D eigenvalue weighted by atomic mass is 9.88. The number of nitrogens with zero attached hydrogens (tertiary/aromatic N) is 3. The van der Waals surface area contributed by atoms with Crippen molar-refractivity contribution in [1.82, 2.24) is 19.5 Å². The largest absolute Gasteiger partial charge is 0.377 e. The summed E-state index contributed by atoms with van der Waals surface area (Å²) in [5.74, 6) is -1.26. The van der Waals surface area contributed by atoms with Crippen LogP contribution in [-0.4, -0.2) is 41.8 Å². The van der Waals surface area contributed by atoms with Crippen LogP contribution in [0.15, 0.2) is 47.8 Å². The molecule has 0 saturated carbocycles. The summed E-state index contributed by atoms with van der Waals surface area (Å²) in [5.41, 5.74) is 2.61. The number of benzene rings is 1. The van der Waals surface area contributed by atoms with Crippen LogP contribution in [0, 0.1) is 12.7 Å². The molecular formula is C25H31FN4O4S. The van der Waals surface area contributed by atoms with Crippen LogP contribution in [0.25, 0.3) is 11.1 Å². The van der Waals surface area contributed by atoms with E-state index >= 15 is 0 Å². The average molecular weight is 503 g/mol. The SMILES string of the molecule is COC(C)(C)Cn1ccc(S(=O)(=O)NC(=O)Cc2c(-c3ccnc(C)c3)cc(F)cc2C(C)C)n1. The van der Waals surface area contributed by atoms with Gasteiger partial charge in [-0.15, -0.1) is 0 Å². The highest BCUT2D eigenvalue weighted by Crippen LogP contribution is 2.32. The normalized spacial score (nSPS) is 12.2. The summed E-state index contributed by atoms with van der Waals surface area (Å²) >= 11 is 0. The molecule has 1 aromatic carbocycles. The molecule has 0 unspecified atom stereocenters. The van der Waals surface area contributed by atoms with Gasteiger partial charge in [-0.2, -0.15) is 13.5 Å². The lowest BCUT2D eigenvalue weighted by molar-refractivity contribution is -0.118. The molecule has 0 radical (unpaired) electrons. The van der Waals surface area contributed by atoms with Gasteiger partial charge >= 0.3 is 0 Å². The first kappa shape index (κ1) is 26.5.